The van der Waals surface area contributed by atoms with Crippen molar-refractivity contribution in [3.05, 3.63) is 59.7 Å². The molecule has 2 atom stereocenters. The van der Waals surface area contributed by atoms with Crippen molar-refractivity contribution >= 4 is 17.6 Å². The van der Waals surface area contributed by atoms with Gasteiger partial charge < -0.3 is 25.0 Å². The van der Waals surface area contributed by atoms with Crippen molar-refractivity contribution in [2.45, 2.75) is 63.2 Å². The molecule has 1 aliphatic heterocycles. The van der Waals surface area contributed by atoms with Crippen LogP contribution in [0.25, 0.3) is 0 Å². The number of hydrogen-bond acceptors (Lipinski definition) is 6. The van der Waals surface area contributed by atoms with Crippen LogP contribution in [0.3, 0.4) is 0 Å². The van der Waals surface area contributed by atoms with Crippen molar-refractivity contribution < 1.29 is 19.1 Å². The third-order valence-corrected chi connectivity index (χ3v) is 10.1. The molecular weight excluding hydrogens is 514 g/mol. The Balaban J connectivity index is 1.03. The highest BCUT2D eigenvalue weighted by molar-refractivity contribution is 5.95. The Bertz CT molecular complexity index is 1210. The molecule has 7 nitrogen and oxygen atoms in total. The Labute approximate surface area is 244 Å². The van der Waals surface area contributed by atoms with E-state index in [9.17, 15) is 9.59 Å². The molecule has 4 aliphatic carbocycles. The van der Waals surface area contributed by atoms with Crippen LogP contribution >= 0.6 is 0 Å². The molecule has 1 saturated heterocycles. The van der Waals surface area contributed by atoms with Crippen LogP contribution in [0.4, 0.5) is 5.69 Å². The summed E-state index contributed by atoms with van der Waals surface area (Å²) in [7, 11) is 1.34. The van der Waals surface area contributed by atoms with Gasteiger partial charge in [0.05, 0.1) is 12.7 Å². The average Bonchev–Trinajstić information content (AvgIpc) is 2.98. The molecule has 2 aromatic rings. The molecule has 7 rings (SSSR count). The van der Waals surface area contributed by atoms with Gasteiger partial charge in [-0.3, -0.25) is 4.79 Å². The number of benzene rings is 2. The predicted octanol–water partition coefficient (Wildman–Crippen LogP) is 5.40. The Morgan fingerprint density at radius 2 is 1.73 bits per heavy atom. The first-order chi connectivity index (χ1) is 19.9. The fourth-order valence-electron chi connectivity index (χ4n) is 8.86. The molecule has 7 heteroatoms. The topological polar surface area (TPSA) is 79.9 Å². The Morgan fingerprint density at radius 1 is 0.976 bits per heavy atom. The highest BCUT2D eigenvalue weighted by atomic mass is 16.5. The summed E-state index contributed by atoms with van der Waals surface area (Å²) in [5.74, 6) is 1.68. The van der Waals surface area contributed by atoms with Gasteiger partial charge >= 0.3 is 5.97 Å². The van der Waals surface area contributed by atoms with Crippen molar-refractivity contribution in [2.24, 2.45) is 17.3 Å². The second-order valence-corrected chi connectivity index (χ2v) is 13.3. The largest absolute Gasteiger partial charge is 0.484 e. The zero-order valence-corrected chi connectivity index (χ0v) is 24.5. The fraction of sp³-hybridized carbons (Fsp3) is 0.588. The predicted molar refractivity (Wildman–Crippen MR) is 160 cm³/mol. The summed E-state index contributed by atoms with van der Waals surface area (Å²) >= 11 is 0. The quantitative estimate of drug-likeness (QED) is 0.283. The normalized spacial score (nSPS) is 28.8. The van der Waals surface area contributed by atoms with Gasteiger partial charge in [-0.1, -0.05) is 24.6 Å². The lowest BCUT2D eigenvalue weighted by molar-refractivity contribution is -0.118. The Hall–Kier alpha value is -2.90. The third kappa shape index (κ3) is 6.46. The number of ether oxygens (including phenoxy) is 2. The molecule has 220 valence electrons. The van der Waals surface area contributed by atoms with Crippen LogP contribution in [-0.4, -0.2) is 63.2 Å². The lowest BCUT2D eigenvalue weighted by Gasteiger charge is -2.62. The highest BCUT2D eigenvalue weighted by Gasteiger charge is 2.57. The number of carbonyl (C=O) groups excluding carboxylic acids is 2. The van der Waals surface area contributed by atoms with Gasteiger partial charge in [0.25, 0.3) is 5.91 Å². The molecule has 4 bridgehead atoms. The lowest BCUT2D eigenvalue weighted by atomic mass is 9.43. The molecule has 4 saturated carbocycles. The maximum atomic E-state index is 12.5. The number of methoxy groups -OCH3 is 1. The molecule has 41 heavy (non-hydrogen) atoms. The van der Waals surface area contributed by atoms with Gasteiger partial charge in [0.15, 0.2) is 6.61 Å². The van der Waals surface area contributed by atoms with Crippen LogP contribution in [0.2, 0.25) is 0 Å². The average molecular weight is 560 g/mol. The van der Waals surface area contributed by atoms with E-state index in [2.05, 4.69) is 27.7 Å². The van der Waals surface area contributed by atoms with Gasteiger partial charge in [0, 0.05) is 25.3 Å². The number of amides is 1. The molecule has 5 aliphatic rings. The van der Waals surface area contributed by atoms with E-state index in [1.807, 2.05) is 12.1 Å². The van der Waals surface area contributed by atoms with E-state index >= 15 is 0 Å². The molecular formula is C34H45N3O4. The van der Waals surface area contributed by atoms with Crippen LogP contribution in [0, 0.1) is 17.3 Å². The fourth-order valence-corrected chi connectivity index (χ4v) is 8.86. The van der Waals surface area contributed by atoms with E-state index in [0.717, 1.165) is 24.9 Å². The molecule has 0 spiro atoms. The van der Waals surface area contributed by atoms with E-state index in [4.69, 9.17) is 9.47 Å². The number of anilines is 1. The standard InChI is InChI=1S/C34H45N3O4/c1-40-32(39)27-6-5-7-29(17-27)36-31(38)22-41-30-10-8-28(9-11-30)34-20-25-16-26(21-34)19-33(18-25,23-34)24-35-12-15-37-13-3-2-4-14-37/h5-11,17,25-26,35H,2-4,12-16,18-24H2,1H3,(H,36,38). The maximum Gasteiger partial charge on any atom is 0.337 e. The van der Waals surface area contributed by atoms with Gasteiger partial charge in [0.1, 0.15) is 5.75 Å². The van der Waals surface area contributed by atoms with E-state index in [0.29, 0.717) is 22.4 Å². The molecule has 2 aromatic carbocycles. The summed E-state index contributed by atoms with van der Waals surface area (Å²) < 4.78 is 10.6. The molecule has 2 unspecified atom stereocenters. The Kier molecular flexibility index (Phi) is 8.36. The van der Waals surface area contributed by atoms with Crippen molar-refractivity contribution in [1.82, 2.24) is 10.2 Å². The van der Waals surface area contributed by atoms with Gasteiger partial charge in [0.2, 0.25) is 0 Å². The smallest absolute Gasteiger partial charge is 0.337 e. The lowest BCUT2D eigenvalue weighted by Crippen LogP contribution is -2.57. The van der Waals surface area contributed by atoms with Crippen molar-refractivity contribution in [3.63, 3.8) is 0 Å². The molecule has 5 fully saturated rings. The monoisotopic (exact) mass is 559 g/mol. The third-order valence-electron chi connectivity index (χ3n) is 10.1. The minimum atomic E-state index is -0.438. The first-order valence-electron chi connectivity index (χ1n) is 15.6. The number of rotatable bonds is 11. The van der Waals surface area contributed by atoms with Gasteiger partial charge in [-0.2, -0.15) is 0 Å². The van der Waals surface area contributed by atoms with Gasteiger partial charge in [-0.25, -0.2) is 4.79 Å². The van der Waals surface area contributed by atoms with Crippen LogP contribution in [0.15, 0.2) is 48.5 Å². The number of carbonyl (C=O) groups is 2. The second-order valence-electron chi connectivity index (χ2n) is 13.3. The number of nitrogens with zero attached hydrogens (tertiary/aromatic N) is 1. The van der Waals surface area contributed by atoms with Crippen molar-refractivity contribution in [3.8, 4) is 5.75 Å². The summed E-state index contributed by atoms with van der Waals surface area (Å²) in [5, 5.41) is 6.70. The number of piperidine rings is 1. The van der Waals surface area contributed by atoms with Crippen LogP contribution in [0.5, 0.6) is 5.75 Å². The first kappa shape index (κ1) is 28.2. The molecule has 0 radical (unpaired) electrons. The summed E-state index contributed by atoms with van der Waals surface area (Å²) in [6.07, 6.45) is 12.2. The van der Waals surface area contributed by atoms with E-state index in [1.54, 1.807) is 24.3 Å². The van der Waals surface area contributed by atoms with Crippen molar-refractivity contribution in [1.29, 1.82) is 0 Å². The Morgan fingerprint density at radius 3 is 2.46 bits per heavy atom. The SMILES string of the molecule is COC(=O)c1cccc(NC(=O)COc2ccc(C34CC5CC(CC(CNCCN6CCCCC6)(C5)C3)C4)cc2)c1. The molecule has 1 heterocycles. The maximum absolute atomic E-state index is 12.5. The summed E-state index contributed by atoms with van der Waals surface area (Å²) in [5.41, 5.74) is 3.08. The molecule has 1 amide bonds. The minimum absolute atomic E-state index is 0.0939. The number of hydrogen-bond donors (Lipinski definition) is 2. The zero-order chi connectivity index (χ0) is 28.3. The summed E-state index contributed by atoms with van der Waals surface area (Å²) in [6.45, 7) is 5.91. The number of esters is 1. The van der Waals surface area contributed by atoms with E-state index in [1.165, 1.54) is 90.1 Å². The van der Waals surface area contributed by atoms with Crippen LogP contribution < -0.4 is 15.4 Å². The van der Waals surface area contributed by atoms with Gasteiger partial charge in [-0.05, 0) is 123 Å². The molecule has 0 aromatic heterocycles. The minimum Gasteiger partial charge on any atom is -0.484 e. The number of likely N-dealkylation sites (tertiary alicyclic amines) is 1. The number of nitrogens with one attached hydrogen (secondary N) is 2. The first-order valence-corrected chi connectivity index (χ1v) is 15.6. The summed E-state index contributed by atoms with van der Waals surface area (Å²) in [4.78, 5) is 26.9. The van der Waals surface area contributed by atoms with E-state index < -0.39 is 5.97 Å². The summed E-state index contributed by atoms with van der Waals surface area (Å²) in [6, 6.07) is 15.3. The van der Waals surface area contributed by atoms with Crippen LogP contribution in [-0.2, 0) is 14.9 Å². The van der Waals surface area contributed by atoms with Gasteiger partial charge in [-0.15, -0.1) is 0 Å². The van der Waals surface area contributed by atoms with Crippen molar-refractivity contribution in [2.75, 3.05) is 51.8 Å². The second kappa shape index (κ2) is 12.1. The molecule has 2 N–H and O–H groups in total. The van der Waals surface area contributed by atoms with Crippen LogP contribution in [0.1, 0.15) is 73.7 Å². The zero-order valence-electron chi connectivity index (χ0n) is 24.5. The van der Waals surface area contributed by atoms with E-state index in [-0.39, 0.29) is 17.9 Å². The highest BCUT2D eigenvalue weighted by Crippen LogP contribution is 2.65.